The minimum absolute atomic E-state index is 0.0182. The quantitative estimate of drug-likeness (QED) is 0.899. The van der Waals surface area contributed by atoms with E-state index in [4.69, 9.17) is 4.42 Å². The lowest BCUT2D eigenvalue weighted by Gasteiger charge is -2.23. The summed E-state index contributed by atoms with van der Waals surface area (Å²) in [6, 6.07) is -0.776. The molecule has 4 rings (SSSR count). The highest BCUT2D eigenvalue weighted by Gasteiger charge is 2.50. The van der Waals surface area contributed by atoms with Crippen molar-refractivity contribution in [3.63, 3.8) is 0 Å². The maximum absolute atomic E-state index is 13.0. The van der Waals surface area contributed by atoms with Crippen molar-refractivity contribution in [2.45, 2.75) is 51.5 Å². The Morgan fingerprint density at radius 1 is 1.21 bits per heavy atom. The van der Waals surface area contributed by atoms with Crippen LogP contribution in [0.25, 0.3) is 0 Å². The van der Waals surface area contributed by atoms with Crippen molar-refractivity contribution in [2.24, 2.45) is 11.8 Å². The van der Waals surface area contributed by atoms with Crippen LogP contribution in [0.15, 0.2) is 4.42 Å². The average Bonchev–Trinajstić information content (AvgIpc) is 3.19. The molecule has 3 aliphatic rings. The van der Waals surface area contributed by atoms with E-state index in [9.17, 15) is 19.5 Å². The number of aryl methyl sites for hydroxylation is 1. The minimum Gasteiger partial charge on any atom is -0.480 e. The number of carboxylic acid groups (broad SMARTS) is 1. The Bertz CT molecular complexity index is 734. The summed E-state index contributed by atoms with van der Waals surface area (Å²) in [6.07, 6.45) is 4.74. The van der Waals surface area contributed by atoms with Gasteiger partial charge in [-0.1, -0.05) is 6.42 Å². The Balaban J connectivity index is 1.69. The van der Waals surface area contributed by atoms with Crippen molar-refractivity contribution in [3.8, 4) is 0 Å². The van der Waals surface area contributed by atoms with Gasteiger partial charge in [0.25, 0.3) is 5.91 Å². The maximum Gasteiger partial charge on any atom is 0.326 e. The first-order chi connectivity index (χ1) is 11.5. The number of carbonyl (C=O) groups excluding carboxylic acids is 2. The van der Waals surface area contributed by atoms with E-state index < -0.39 is 12.0 Å². The number of fused-ring (bicyclic) bond motifs is 2. The van der Waals surface area contributed by atoms with E-state index in [0.717, 1.165) is 25.7 Å². The van der Waals surface area contributed by atoms with E-state index in [-0.39, 0.29) is 29.3 Å². The summed E-state index contributed by atoms with van der Waals surface area (Å²) < 4.78 is 5.73. The highest BCUT2D eigenvalue weighted by atomic mass is 16.4. The van der Waals surface area contributed by atoms with Crippen molar-refractivity contribution in [1.29, 1.82) is 0 Å². The second kappa shape index (κ2) is 5.46. The first kappa shape index (κ1) is 15.4. The predicted molar refractivity (Wildman–Crippen MR) is 84.0 cm³/mol. The molecule has 2 aliphatic carbocycles. The summed E-state index contributed by atoms with van der Waals surface area (Å²) in [7, 11) is 0. The molecule has 6 nitrogen and oxygen atoms in total. The predicted octanol–water partition coefficient (Wildman–Crippen LogP) is 2.43. The Hall–Kier alpha value is -2.11. The molecule has 0 aromatic carbocycles. The third-order valence-electron chi connectivity index (χ3n) is 5.90. The first-order valence-electron chi connectivity index (χ1n) is 8.68. The number of hydrogen-bond donors (Lipinski definition) is 1. The number of furan rings is 1. The lowest BCUT2D eigenvalue weighted by atomic mass is 9.93. The van der Waals surface area contributed by atoms with Crippen molar-refractivity contribution in [3.05, 3.63) is 22.6 Å². The molecule has 0 radical (unpaired) electrons. The second-order valence-electron chi connectivity index (χ2n) is 7.23. The average molecular weight is 331 g/mol. The molecule has 6 heteroatoms. The molecule has 128 valence electrons. The zero-order chi connectivity index (χ0) is 17.0. The van der Waals surface area contributed by atoms with Gasteiger partial charge in [-0.15, -0.1) is 0 Å². The number of ketones is 1. The molecule has 0 bridgehead atoms. The third-order valence-corrected chi connectivity index (χ3v) is 5.90. The molecule has 0 spiro atoms. The largest absolute Gasteiger partial charge is 0.480 e. The fourth-order valence-corrected chi connectivity index (χ4v) is 4.81. The lowest BCUT2D eigenvalue weighted by molar-refractivity contribution is -0.142. The van der Waals surface area contributed by atoms with Crippen LogP contribution in [0.1, 0.15) is 64.3 Å². The van der Waals surface area contributed by atoms with E-state index in [1.165, 1.54) is 4.90 Å². The number of hydrogen-bond acceptors (Lipinski definition) is 4. The van der Waals surface area contributed by atoms with Crippen molar-refractivity contribution >= 4 is 17.7 Å². The third kappa shape index (κ3) is 2.12. The summed E-state index contributed by atoms with van der Waals surface area (Å²) >= 11 is 0. The SMILES string of the molecule is Cc1c(C(=O)N2CC3CCCC3C2C(=O)O)oc2c1C(=O)CCC2. The van der Waals surface area contributed by atoms with Gasteiger partial charge in [0, 0.05) is 24.9 Å². The Kier molecular flexibility index (Phi) is 3.51. The first-order valence-corrected chi connectivity index (χ1v) is 8.68. The summed E-state index contributed by atoms with van der Waals surface area (Å²) in [5, 5.41) is 9.62. The van der Waals surface area contributed by atoms with E-state index in [0.29, 0.717) is 36.3 Å². The van der Waals surface area contributed by atoms with Crippen LogP contribution < -0.4 is 0 Å². The summed E-state index contributed by atoms with van der Waals surface area (Å²) in [5.74, 6) is -0.261. The van der Waals surface area contributed by atoms with E-state index in [1.54, 1.807) is 6.92 Å². The lowest BCUT2D eigenvalue weighted by Crippen LogP contribution is -2.43. The van der Waals surface area contributed by atoms with Crippen molar-refractivity contribution in [1.82, 2.24) is 4.90 Å². The Morgan fingerprint density at radius 3 is 2.71 bits per heavy atom. The standard InChI is InChI=1S/C18H21NO5/c1-9-14-12(20)6-3-7-13(14)24-16(9)17(21)19-8-10-4-2-5-11(10)15(19)18(22)23/h10-11,15H,2-8H2,1H3,(H,22,23). The van der Waals surface area contributed by atoms with Crippen LogP contribution >= 0.6 is 0 Å². The molecule has 3 unspecified atom stereocenters. The van der Waals surface area contributed by atoms with Gasteiger partial charge in [0.2, 0.25) is 0 Å². The molecule has 1 aromatic heterocycles. The number of aliphatic carboxylic acids is 1. The van der Waals surface area contributed by atoms with Crippen molar-refractivity contribution in [2.75, 3.05) is 6.54 Å². The molecule has 1 amide bonds. The molecule has 24 heavy (non-hydrogen) atoms. The van der Waals surface area contributed by atoms with Crippen LogP contribution in [-0.2, 0) is 11.2 Å². The molecule has 1 saturated heterocycles. The van der Waals surface area contributed by atoms with Gasteiger partial charge >= 0.3 is 5.97 Å². The highest BCUT2D eigenvalue weighted by Crippen LogP contribution is 2.43. The fraction of sp³-hybridized carbons (Fsp3) is 0.611. The summed E-state index contributed by atoms with van der Waals surface area (Å²) in [6.45, 7) is 2.20. The monoisotopic (exact) mass is 331 g/mol. The Labute approximate surface area is 139 Å². The maximum atomic E-state index is 13.0. The number of likely N-dealkylation sites (tertiary alicyclic amines) is 1. The number of amides is 1. The molecule has 1 saturated carbocycles. The van der Waals surface area contributed by atoms with Gasteiger partial charge in [-0.25, -0.2) is 4.79 Å². The van der Waals surface area contributed by atoms with E-state index >= 15 is 0 Å². The van der Waals surface area contributed by atoms with E-state index in [2.05, 4.69) is 0 Å². The minimum atomic E-state index is -0.942. The van der Waals surface area contributed by atoms with Crippen molar-refractivity contribution < 1.29 is 23.9 Å². The highest BCUT2D eigenvalue weighted by molar-refractivity contribution is 6.04. The molecular formula is C18H21NO5. The van der Waals surface area contributed by atoms with Crippen LogP contribution in [0.2, 0.25) is 0 Å². The molecule has 3 atom stereocenters. The van der Waals surface area contributed by atoms with Gasteiger partial charge < -0.3 is 14.4 Å². The van der Waals surface area contributed by atoms with Gasteiger partial charge in [0.1, 0.15) is 11.8 Å². The molecule has 1 aliphatic heterocycles. The smallest absolute Gasteiger partial charge is 0.326 e. The number of Topliss-reactive ketones (excluding diaryl/α,β-unsaturated/α-hetero) is 1. The summed E-state index contributed by atoms with van der Waals surface area (Å²) in [4.78, 5) is 38.3. The van der Waals surface area contributed by atoms with Gasteiger partial charge in [-0.3, -0.25) is 9.59 Å². The summed E-state index contributed by atoms with van der Waals surface area (Å²) in [5.41, 5.74) is 1.11. The molecule has 1 N–H and O–H groups in total. The number of carboxylic acids is 1. The molecule has 2 heterocycles. The van der Waals surface area contributed by atoms with Crippen LogP contribution in [0.4, 0.5) is 0 Å². The fourth-order valence-electron chi connectivity index (χ4n) is 4.81. The molecular weight excluding hydrogens is 310 g/mol. The zero-order valence-electron chi connectivity index (χ0n) is 13.7. The van der Waals surface area contributed by atoms with Crippen LogP contribution in [0.3, 0.4) is 0 Å². The second-order valence-corrected chi connectivity index (χ2v) is 7.23. The normalized spacial score (nSPS) is 28.8. The number of carbonyl (C=O) groups is 3. The topological polar surface area (TPSA) is 87.8 Å². The zero-order valence-corrected chi connectivity index (χ0v) is 13.7. The number of rotatable bonds is 2. The van der Waals surface area contributed by atoms with Crippen LogP contribution in [0, 0.1) is 18.8 Å². The Morgan fingerprint density at radius 2 is 2.00 bits per heavy atom. The number of nitrogens with zero attached hydrogens (tertiary/aromatic N) is 1. The molecule has 2 fully saturated rings. The van der Waals surface area contributed by atoms with Crippen LogP contribution in [-0.4, -0.2) is 40.3 Å². The van der Waals surface area contributed by atoms with E-state index in [1.807, 2.05) is 0 Å². The van der Waals surface area contributed by atoms with Crippen LogP contribution in [0.5, 0.6) is 0 Å². The van der Waals surface area contributed by atoms with Gasteiger partial charge in [-0.2, -0.15) is 0 Å². The van der Waals surface area contributed by atoms with Gasteiger partial charge in [0.15, 0.2) is 11.5 Å². The molecule has 1 aromatic rings. The van der Waals surface area contributed by atoms with Gasteiger partial charge in [-0.05, 0) is 38.0 Å². The van der Waals surface area contributed by atoms with Gasteiger partial charge in [0.05, 0.1) is 5.56 Å².